The number of hydrogen-bond acceptors (Lipinski definition) is 7. The molecule has 2 atom stereocenters. The zero-order valence-electron chi connectivity index (χ0n) is 21.7. The highest BCUT2D eigenvalue weighted by atomic mass is 35.5. The van der Waals surface area contributed by atoms with E-state index >= 15 is 4.39 Å². The molecule has 1 saturated carbocycles. The molecule has 1 aliphatic carbocycles. The molecule has 2 aliphatic rings. The lowest BCUT2D eigenvalue weighted by Gasteiger charge is -2.24. The van der Waals surface area contributed by atoms with Gasteiger partial charge in [-0.05, 0) is 18.9 Å². The molecule has 5 heterocycles. The van der Waals surface area contributed by atoms with Crippen molar-refractivity contribution in [1.82, 2.24) is 19.5 Å². The summed E-state index contributed by atoms with van der Waals surface area (Å²) >= 11 is 6.61. The summed E-state index contributed by atoms with van der Waals surface area (Å²) in [7, 11) is 3.35. The molecule has 1 aromatic carbocycles. The first-order valence-corrected chi connectivity index (χ1v) is 13.2. The van der Waals surface area contributed by atoms with Crippen LogP contribution >= 0.6 is 11.6 Å². The van der Waals surface area contributed by atoms with Gasteiger partial charge in [-0.15, -0.1) is 0 Å². The minimum Gasteiger partial charge on any atom is -0.477 e. The van der Waals surface area contributed by atoms with Gasteiger partial charge in [-0.25, -0.2) is 19.2 Å². The Morgan fingerprint density at radius 3 is 2.75 bits per heavy atom. The highest BCUT2D eigenvalue weighted by Crippen LogP contribution is 2.54. The average molecular weight is 562 g/mol. The van der Waals surface area contributed by atoms with Crippen molar-refractivity contribution in [3.8, 4) is 11.1 Å². The number of carboxylic acids is 1. The lowest BCUT2D eigenvalue weighted by Crippen LogP contribution is -2.23. The number of aromatic carboxylic acids is 1. The van der Waals surface area contributed by atoms with E-state index in [1.807, 2.05) is 0 Å². The molecule has 40 heavy (non-hydrogen) atoms. The van der Waals surface area contributed by atoms with E-state index in [2.05, 4.69) is 25.2 Å². The molecule has 5 aromatic rings. The van der Waals surface area contributed by atoms with Crippen LogP contribution in [0.2, 0.25) is 5.02 Å². The van der Waals surface area contributed by atoms with Crippen LogP contribution in [0.5, 0.6) is 0 Å². The van der Waals surface area contributed by atoms with E-state index in [0.29, 0.717) is 50.9 Å². The van der Waals surface area contributed by atoms with Crippen molar-refractivity contribution in [2.45, 2.75) is 18.9 Å². The van der Waals surface area contributed by atoms with Crippen LogP contribution in [-0.4, -0.2) is 56.8 Å². The second-order valence-electron chi connectivity index (χ2n) is 10.8. The third-order valence-corrected chi connectivity index (χ3v) is 8.91. The van der Waals surface area contributed by atoms with Crippen LogP contribution in [0.4, 0.5) is 15.8 Å². The van der Waals surface area contributed by atoms with Gasteiger partial charge < -0.3 is 30.6 Å². The minimum atomic E-state index is -1.31. The summed E-state index contributed by atoms with van der Waals surface area (Å²) in [5, 5.41) is 13.9. The second-order valence-corrected chi connectivity index (χ2v) is 11.2. The first kappa shape index (κ1) is 24.8. The quantitative estimate of drug-likeness (QED) is 0.257. The molecule has 2 fully saturated rings. The largest absolute Gasteiger partial charge is 0.477 e. The maximum Gasteiger partial charge on any atom is 0.341 e. The van der Waals surface area contributed by atoms with Gasteiger partial charge in [-0.2, -0.15) is 0 Å². The monoisotopic (exact) mass is 561 g/mol. The SMILES string of the molecule is CNc1cc(F)c(Cl)c2c1[nH]c1ncc(-c3cnc4c(c3)c(=O)c(C(=O)O)cn4C)c(N3CC[C@]4(C[C@H]4N)C3)c12. The number of H-pyrrole nitrogens is 1. The van der Waals surface area contributed by atoms with Crippen LogP contribution in [0.3, 0.4) is 0 Å². The summed E-state index contributed by atoms with van der Waals surface area (Å²) in [6, 6.07) is 3.12. The van der Waals surface area contributed by atoms with E-state index < -0.39 is 17.2 Å². The summed E-state index contributed by atoms with van der Waals surface area (Å²) < 4.78 is 16.6. The highest BCUT2D eigenvalue weighted by molar-refractivity contribution is 6.39. The Hall–Kier alpha value is -4.22. The first-order valence-electron chi connectivity index (χ1n) is 12.9. The predicted octanol–water partition coefficient (Wildman–Crippen LogP) is 4.09. The van der Waals surface area contributed by atoms with Crippen LogP contribution < -0.4 is 21.4 Å². The molecule has 7 rings (SSSR count). The van der Waals surface area contributed by atoms with Crippen molar-refractivity contribution in [2.75, 3.05) is 30.4 Å². The fourth-order valence-corrected chi connectivity index (χ4v) is 6.52. The summed E-state index contributed by atoms with van der Waals surface area (Å²) in [6.45, 7) is 1.44. The molecule has 0 bridgehead atoms. The van der Waals surface area contributed by atoms with Crippen LogP contribution in [0.25, 0.3) is 44.1 Å². The average Bonchev–Trinajstić information content (AvgIpc) is 3.25. The van der Waals surface area contributed by atoms with Crippen molar-refractivity contribution in [3.63, 3.8) is 0 Å². The van der Waals surface area contributed by atoms with Crippen molar-refractivity contribution in [3.05, 3.63) is 57.3 Å². The molecule has 10 nitrogen and oxygen atoms in total. The first-order chi connectivity index (χ1) is 19.1. The zero-order valence-corrected chi connectivity index (χ0v) is 22.4. The number of anilines is 2. The van der Waals surface area contributed by atoms with Gasteiger partial charge in [0.05, 0.1) is 32.7 Å². The lowest BCUT2D eigenvalue weighted by molar-refractivity contribution is 0.0695. The number of rotatable bonds is 4. The number of aromatic amines is 1. The smallest absolute Gasteiger partial charge is 0.341 e. The van der Waals surface area contributed by atoms with Crippen molar-refractivity contribution in [1.29, 1.82) is 0 Å². The number of aromatic nitrogens is 4. The topological polar surface area (TPSA) is 142 Å². The Labute approximate surface area is 231 Å². The molecule has 0 radical (unpaired) electrons. The third kappa shape index (κ3) is 3.37. The number of fused-ring (bicyclic) bond motifs is 4. The molecule has 0 amide bonds. The molecule has 1 spiro atoms. The van der Waals surface area contributed by atoms with E-state index in [9.17, 15) is 14.7 Å². The lowest BCUT2D eigenvalue weighted by atomic mass is 10.0. The van der Waals surface area contributed by atoms with E-state index in [-0.39, 0.29) is 27.4 Å². The molecular formula is C28H25ClFN7O3. The number of aryl methyl sites for hydroxylation is 1. The third-order valence-electron chi connectivity index (χ3n) is 8.54. The Morgan fingerprint density at radius 1 is 1.30 bits per heavy atom. The normalized spacial score (nSPS) is 20.3. The minimum absolute atomic E-state index is 0.0194. The fourth-order valence-electron chi connectivity index (χ4n) is 6.28. The standard InChI is InChI=1S/C28H25ClFN7O3/c1-32-17-6-16(30)21(29)19-20-23(37-4-3-28(11-37)7-18(28)31)14(9-33-25(20)35-22(17)19)12-5-13-24(38)15(27(39)40)10-36(2)26(13)34-8-12/h5-6,8-10,18,32H,3-4,7,11,31H2,1-2H3,(H,33,35)(H,39,40)/t18-,28+/m1/s1. The Bertz CT molecular complexity index is 1990. The van der Waals surface area contributed by atoms with Crippen molar-refractivity contribution < 1.29 is 14.3 Å². The molecular weight excluding hydrogens is 537 g/mol. The van der Waals surface area contributed by atoms with E-state index in [1.54, 1.807) is 32.6 Å². The molecule has 204 valence electrons. The van der Waals surface area contributed by atoms with Gasteiger partial charge in [0, 0.05) is 79.8 Å². The van der Waals surface area contributed by atoms with Gasteiger partial charge in [-0.3, -0.25) is 4.79 Å². The van der Waals surface area contributed by atoms with Gasteiger partial charge in [0.1, 0.15) is 22.7 Å². The molecule has 1 saturated heterocycles. The Balaban J connectivity index is 1.56. The van der Waals surface area contributed by atoms with Crippen molar-refractivity contribution >= 4 is 61.9 Å². The van der Waals surface area contributed by atoms with E-state index in [1.165, 1.54) is 16.8 Å². The number of nitrogens with zero attached hydrogens (tertiary/aromatic N) is 4. The predicted molar refractivity (Wildman–Crippen MR) is 153 cm³/mol. The zero-order chi connectivity index (χ0) is 28.1. The maximum absolute atomic E-state index is 15.0. The van der Waals surface area contributed by atoms with Gasteiger partial charge in [0.2, 0.25) is 5.43 Å². The molecule has 4 aromatic heterocycles. The molecule has 5 N–H and O–H groups in total. The number of pyridine rings is 3. The summed E-state index contributed by atoms with van der Waals surface area (Å²) in [5.41, 5.74) is 9.49. The molecule has 0 unspecified atom stereocenters. The number of carboxylic acid groups (broad SMARTS) is 1. The maximum atomic E-state index is 15.0. The van der Waals surface area contributed by atoms with E-state index in [0.717, 1.165) is 25.1 Å². The van der Waals surface area contributed by atoms with Crippen LogP contribution in [0.1, 0.15) is 23.2 Å². The van der Waals surface area contributed by atoms with Gasteiger partial charge in [-0.1, -0.05) is 11.6 Å². The number of carbonyl (C=O) groups is 1. The van der Waals surface area contributed by atoms with Crippen LogP contribution in [0.15, 0.2) is 35.5 Å². The number of nitrogens with one attached hydrogen (secondary N) is 2. The van der Waals surface area contributed by atoms with E-state index in [4.69, 9.17) is 17.3 Å². The summed E-state index contributed by atoms with van der Waals surface area (Å²) in [6.07, 6.45) is 6.46. The number of benzene rings is 1. The van der Waals surface area contributed by atoms with Gasteiger partial charge >= 0.3 is 5.97 Å². The second kappa shape index (κ2) is 8.39. The molecule has 12 heteroatoms. The molecule has 1 aliphatic heterocycles. The van der Waals surface area contributed by atoms with Crippen LogP contribution in [0, 0.1) is 11.2 Å². The Morgan fingerprint density at radius 2 is 2.08 bits per heavy atom. The fraction of sp³-hybridized carbons (Fsp3) is 0.286. The highest BCUT2D eigenvalue weighted by Gasteiger charge is 2.56. The van der Waals surface area contributed by atoms with Gasteiger partial charge in [0.15, 0.2) is 0 Å². The number of hydrogen-bond donors (Lipinski definition) is 4. The van der Waals surface area contributed by atoms with Crippen molar-refractivity contribution in [2.24, 2.45) is 18.2 Å². The number of nitrogens with two attached hydrogens (primary N) is 1. The number of halogens is 2. The summed E-state index contributed by atoms with van der Waals surface area (Å²) in [5.74, 6) is -1.87. The van der Waals surface area contributed by atoms with Crippen LogP contribution in [-0.2, 0) is 7.05 Å². The Kier molecular flexibility index (Phi) is 5.20. The van der Waals surface area contributed by atoms with Gasteiger partial charge in [0.25, 0.3) is 0 Å². The summed E-state index contributed by atoms with van der Waals surface area (Å²) in [4.78, 5) is 39.6.